The molecule has 10 aromatic rings. The van der Waals surface area contributed by atoms with E-state index in [1.165, 1.54) is 87.6 Å². The van der Waals surface area contributed by atoms with Crippen molar-refractivity contribution in [1.82, 2.24) is 0 Å². The van der Waals surface area contributed by atoms with E-state index in [-0.39, 0.29) is 0 Å². The van der Waals surface area contributed by atoms with Crippen LogP contribution in [0.3, 0.4) is 0 Å². The molecule has 0 aliphatic rings. The third-order valence-electron chi connectivity index (χ3n) is 11.0. The second-order valence-corrected chi connectivity index (χ2v) is 14.6. The molecule has 10 aromatic carbocycles. The van der Waals surface area contributed by atoms with Crippen molar-refractivity contribution in [2.24, 2.45) is 0 Å². The first kappa shape index (κ1) is 32.7. The van der Waals surface area contributed by atoms with E-state index in [0.717, 1.165) is 17.1 Å². The van der Waals surface area contributed by atoms with Gasteiger partial charge in [0.25, 0.3) is 0 Å². The first-order valence-electron chi connectivity index (χ1n) is 19.1. The van der Waals surface area contributed by atoms with Gasteiger partial charge in [0, 0.05) is 16.8 Å². The van der Waals surface area contributed by atoms with Crippen LogP contribution in [-0.4, -0.2) is 0 Å². The lowest BCUT2D eigenvalue weighted by Gasteiger charge is -2.28. The van der Waals surface area contributed by atoms with E-state index in [1.807, 2.05) is 0 Å². The van der Waals surface area contributed by atoms with E-state index in [4.69, 9.17) is 0 Å². The van der Waals surface area contributed by atoms with Crippen molar-refractivity contribution in [1.29, 1.82) is 0 Å². The molecule has 260 valence electrons. The Morgan fingerprint density at radius 2 is 0.873 bits per heavy atom. The first-order valence-corrected chi connectivity index (χ1v) is 19.1. The van der Waals surface area contributed by atoms with Crippen LogP contribution in [0, 0.1) is 13.8 Å². The van der Waals surface area contributed by atoms with Crippen LogP contribution in [0.2, 0.25) is 0 Å². The number of nitrogens with zero attached hydrogens (tertiary/aromatic N) is 1. The topological polar surface area (TPSA) is 3.24 Å². The number of anilines is 3. The molecule has 1 nitrogen and oxygen atoms in total. The molecular weight excluding hydrogens is 663 g/mol. The van der Waals surface area contributed by atoms with E-state index in [1.54, 1.807) is 0 Å². The molecule has 10 rings (SSSR count). The fraction of sp³-hybridized carbons (Fsp3) is 0.0370. The Morgan fingerprint density at radius 1 is 0.327 bits per heavy atom. The Bertz CT molecular complexity index is 3010. The predicted octanol–water partition coefficient (Wildman–Crippen LogP) is 15.4. The smallest absolute Gasteiger partial charge is 0.0540 e. The molecule has 0 spiro atoms. The van der Waals surface area contributed by atoms with E-state index in [0.29, 0.717) is 0 Å². The highest BCUT2D eigenvalue weighted by molar-refractivity contribution is 6.33. The standard InChI is InChI=1S/C54H39N/c1-36-31-37(2)33-43(32-36)55(51-28-16-24-38-21-12-13-25-44(38)51)42-29-30-47-50(34-42)45-26-14-15-27-46(45)53-49(40-19-8-4-9-20-40)35-48(39-17-6-3-7-18-39)52(54(47)53)41-22-10-5-11-23-41/h3-35H,1-2H3. The van der Waals surface area contributed by atoms with Gasteiger partial charge in [-0.15, -0.1) is 0 Å². The van der Waals surface area contributed by atoms with Gasteiger partial charge in [0.2, 0.25) is 0 Å². The van der Waals surface area contributed by atoms with Crippen molar-refractivity contribution in [2.75, 3.05) is 4.90 Å². The minimum absolute atomic E-state index is 1.13. The highest BCUT2D eigenvalue weighted by Gasteiger charge is 2.23. The molecule has 0 aliphatic heterocycles. The Balaban J connectivity index is 1.38. The third kappa shape index (κ3) is 5.64. The molecule has 0 saturated heterocycles. The van der Waals surface area contributed by atoms with Gasteiger partial charge in [-0.05, 0) is 132 Å². The van der Waals surface area contributed by atoms with E-state index >= 15 is 0 Å². The maximum absolute atomic E-state index is 2.45. The summed E-state index contributed by atoms with van der Waals surface area (Å²) in [4.78, 5) is 2.45. The summed E-state index contributed by atoms with van der Waals surface area (Å²) in [6, 6.07) is 73.6. The zero-order valence-electron chi connectivity index (χ0n) is 31.0. The average molecular weight is 702 g/mol. The summed E-state index contributed by atoms with van der Waals surface area (Å²) in [6.07, 6.45) is 0. The molecular formula is C54H39N. The molecule has 55 heavy (non-hydrogen) atoms. The second kappa shape index (κ2) is 13.5. The predicted molar refractivity (Wildman–Crippen MR) is 237 cm³/mol. The van der Waals surface area contributed by atoms with Crippen LogP contribution >= 0.6 is 0 Å². The number of hydrogen-bond acceptors (Lipinski definition) is 1. The molecule has 0 heterocycles. The molecule has 0 N–H and O–H groups in total. The van der Waals surface area contributed by atoms with Crippen LogP contribution in [0.4, 0.5) is 17.1 Å². The molecule has 0 unspecified atom stereocenters. The minimum Gasteiger partial charge on any atom is -0.310 e. The SMILES string of the molecule is Cc1cc(C)cc(N(c2ccc3c(c2)c2ccccc2c2c(-c4ccccc4)cc(-c4ccccc4)c(-c4ccccc4)c32)c2cccc3ccccc23)c1. The summed E-state index contributed by atoms with van der Waals surface area (Å²) in [5, 5.41) is 9.96. The van der Waals surface area contributed by atoms with Crippen LogP contribution in [0.1, 0.15) is 11.1 Å². The normalized spacial score (nSPS) is 11.5. The lowest BCUT2D eigenvalue weighted by molar-refractivity contribution is 1.27. The van der Waals surface area contributed by atoms with Gasteiger partial charge in [-0.2, -0.15) is 0 Å². The van der Waals surface area contributed by atoms with Gasteiger partial charge in [-0.3, -0.25) is 0 Å². The summed E-state index contributed by atoms with van der Waals surface area (Å²) >= 11 is 0. The Labute approximate surface area is 322 Å². The number of fused-ring (bicyclic) bond motifs is 7. The van der Waals surface area contributed by atoms with Gasteiger partial charge in [0.05, 0.1) is 5.69 Å². The van der Waals surface area contributed by atoms with Crippen LogP contribution in [-0.2, 0) is 0 Å². The molecule has 0 aliphatic carbocycles. The largest absolute Gasteiger partial charge is 0.310 e. The second-order valence-electron chi connectivity index (χ2n) is 14.6. The zero-order chi connectivity index (χ0) is 36.9. The Morgan fingerprint density at radius 3 is 1.56 bits per heavy atom. The number of benzene rings is 10. The van der Waals surface area contributed by atoms with Gasteiger partial charge in [-0.25, -0.2) is 0 Å². The number of rotatable bonds is 6. The van der Waals surface area contributed by atoms with Crippen molar-refractivity contribution >= 4 is 60.2 Å². The lowest BCUT2D eigenvalue weighted by atomic mass is 9.81. The van der Waals surface area contributed by atoms with Crippen molar-refractivity contribution in [2.45, 2.75) is 13.8 Å². The summed E-state index contributed by atoms with van der Waals surface area (Å²) < 4.78 is 0. The third-order valence-corrected chi connectivity index (χ3v) is 11.0. The molecule has 1 heteroatoms. The van der Waals surface area contributed by atoms with Crippen molar-refractivity contribution in [3.05, 3.63) is 211 Å². The molecule has 0 aromatic heterocycles. The summed E-state index contributed by atoms with van der Waals surface area (Å²) in [7, 11) is 0. The number of hydrogen-bond donors (Lipinski definition) is 0. The lowest BCUT2D eigenvalue weighted by Crippen LogP contribution is -2.11. The molecule has 0 bridgehead atoms. The Kier molecular flexibility index (Phi) is 8.00. The first-order chi connectivity index (χ1) is 27.1. The molecule has 0 radical (unpaired) electrons. The van der Waals surface area contributed by atoms with E-state index in [9.17, 15) is 0 Å². The molecule has 0 amide bonds. The highest BCUT2D eigenvalue weighted by Crippen LogP contribution is 2.50. The summed E-state index contributed by atoms with van der Waals surface area (Å²) in [6.45, 7) is 4.38. The van der Waals surface area contributed by atoms with Gasteiger partial charge in [0.15, 0.2) is 0 Å². The molecule has 0 fully saturated rings. The quantitative estimate of drug-likeness (QED) is 0.156. The molecule has 0 saturated carbocycles. The molecule has 0 atom stereocenters. The average Bonchev–Trinajstić information content (AvgIpc) is 3.24. The van der Waals surface area contributed by atoms with Gasteiger partial charge >= 0.3 is 0 Å². The van der Waals surface area contributed by atoms with Crippen LogP contribution in [0.15, 0.2) is 200 Å². The minimum atomic E-state index is 1.13. The van der Waals surface area contributed by atoms with Crippen LogP contribution < -0.4 is 4.90 Å². The zero-order valence-corrected chi connectivity index (χ0v) is 31.0. The van der Waals surface area contributed by atoms with Crippen LogP contribution in [0.5, 0.6) is 0 Å². The van der Waals surface area contributed by atoms with Gasteiger partial charge in [0.1, 0.15) is 0 Å². The van der Waals surface area contributed by atoms with Crippen molar-refractivity contribution in [3.8, 4) is 33.4 Å². The monoisotopic (exact) mass is 701 g/mol. The number of aryl methyl sites for hydroxylation is 2. The van der Waals surface area contributed by atoms with Crippen molar-refractivity contribution in [3.63, 3.8) is 0 Å². The summed E-state index contributed by atoms with van der Waals surface area (Å²) in [5.74, 6) is 0. The summed E-state index contributed by atoms with van der Waals surface area (Å²) in [5.41, 5.74) is 13.3. The fourth-order valence-electron chi connectivity index (χ4n) is 8.79. The van der Waals surface area contributed by atoms with E-state index < -0.39 is 0 Å². The van der Waals surface area contributed by atoms with Crippen molar-refractivity contribution < 1.29 is 0 Å². The maximum atomic E-state index is 2.45. The van der Waals surface area contributed by atoms with Crippen LogP contribution in [0.25, 0.3) is 76.5 Å². The maximum Gasteiger partial charge on any atom is 0.0540 e. The Hall–Kier alpha value is -6.96. The van der Waals surface area contributed by atoms with E-state index in [2.05, 4.69) is 219 Å². The fourth-order valence-corrected chi connectivity index (χ4v) is 8.79. The van der Waals surface area contributed by atoms with Gasteiger partial charge in [-0.1, -0.05) is 164 Å². The highest BCUT2D eigenvalue weighted by atomic mass is 15.1. The van der Waals surface area contributed by atoms with Gasteiger partial charge < -0.3 is 4.90 Å².